The molecule has 0 aliphatic rings. The summed E-state index contributed by atoms with van der Waals surface area (Å²) < 4.78 is 10.1. The van der Waals surface area contributed by atoms with Gasteiger partial charge in [-0.1, -0.05) is 12.1 Å². The zero-order valence-corrected chi connectivity index (χ0v) is 12.5. The van der Waals surface area contributed by atoms with E-state index < -0.39 is 6.09 Å². The summed E-state index contributed by atoms with van der Waals surface area (Å²) in [7, 11) is 1.30. The fourth-order valence-corrected chi connectivity index (χ4v) is 2.53. The van der Waals surface area contributed by atoms with Gasteiger partial charge >= 0.3 is 6.09 Å². The molecule has 0 spiro atoms. The van der Waals surface area contributed by atoms with E-state index in [1.165, 1.54) is 18.9 Å². The van der Waals surface area contributed by atoms with Gasteiger partial charge < -0.3 is 9.15 Å². The van der Waals surface area contributed by atoms with Crippen molar-refractivity contribution in [3.8, 4) is 0 Å². The second-order valence-electron chi connectivity index (χ2n) is 4.32. The molecule has 22 heavy (non-hydrogen) atoms. The number of hydrogen-bond acceptors (Lipinski definition) is 6. The predicted molar refractivity (Wildman–Crippen MR) is 83.7 cm³/mol. The van der Waals surface area contributed by atoms with Crippen LogP contribution < -0.4 is 10.9 Å². The SMILES string of the molecule is COC(=O)NNc1ccc(Sc2nc3ccccc3o2)cc1. The minimum absolute atomic E-state index is 0.551. The molecule has 0 aliphatic heterocycles. The number of nitrogens with zero attached hydrogens (tertiary/aromatic N) is 1. The normalized spacial score (nSPS) is 10.4. The maximum Gasteiger partial charge on any atom is 0.425 e. The van der Waals surface area contributed by atoms with Crippen LogP contribution in [0.25, 0.3) is 11.1 Å². The molecule has 0 saturated carbocycles. The van der Waals surface area contributed by atoms with Gasteiger partial charge in [0.05, 0.1) is 12.8 Å². The molecule has 0 radical (unpaired) electrons. The van der Waals surface area contributed by atoms with Crippen molar-refractivity contribution in [3.63, 3.8) is 0 Å². The van der Waals surface area contributed by atoms with Gasteiger partial charge in [0, 0.05) is 4.90 Å². The first kappa shape index (κ1) is 14.3. The number of para-hydroxylation sites is 2. The highest BCUT2D eigenvalue weighted by molar-refractivity contribution is 7.99. The monoisotopic (exact) mass is 315 g/mol. The molecule has 0 atom stereocenters. The lowest BCUT2D eigenvalue weighted by Crippen LogP contribution is -2.28. The van der Waals surface area contributed by atoms with Crippen LogP contribution in [-0.2, 0) is 4.74 Å². The molecule has 2 aromatic carbocycles. The summed E-state index contributed by atoms with van der Waals surface area (Å²) in [6, 6.07) is 15.1. The molecule has 1 heterocycles. The van der Waals surface area contributed by atoms with Crippen molar-refractivity contribution in [2.45, 2.75) is 10.1 Å². The van der Waals surface area contributed by atoms with Crippen LogP contribution in [0.2, 0.25) is 0 Å². The molecule has 0 fully saturated rings. The van der Waals surface area contributed by atoms with Crippen LogP contribution in [0.15, 0.2) is 63.1 Å². The van der Waals surface area contributed by atoms with Gasteiger partial charge in [-0.25, -0.2) is 15.2 Å². The van der Waals surface area contributed by atoms with E-state index in [0.717, 1.165) is 21.7 Å². The van der Waals surface area contributed by atoms with Crippen molar-refractivity contribution in [1.82, 2.24) is 10.4 Å². The average Bonchev–Trinajstić information content (AvgIpc) is 2.96. The van der Waals surface area contributed by atoms with E-state index in [1.807, 2.05) is 48.5 Å². The maximum atomic E-state index is 11.0. The quantitative estimate of drug-likeness (QED) is 0.716. The van der Waals surface area contributed by atoms with E-state index in [-0.39, 0.29) is 0 Å². The van der Waals surface area contributed by atoms with E-state index in [0.29, 0.717) is 5.22 Å². The van der Waals surface area contributed by atoms with Crippen molar-refractivity contribution in [1.29, 1.82) is 0 Å². The third-order valence-electron chi connectivity index (χ3n) is 2.83. The molecule has 6 nitrogen and oxygen atoms in total. The Morgan fingerprint density at radius 2 is 1.95 bits per heavy atom. The largest absolute Gasteiger partial charge is 0.452 e. The number of amides is 1. The Morgan fingerprint density at radius 3 is 2.68 bits per heavy atom. The molecule has 112 valence electrons. The summed E-state index contributed by atoms with van der Waals surface area (Å²) in [6.07, 6.45) is -0.551. The second-order valence-corrected chi connectivity index (χ2v) is 5.34. The summed E-state index contributed by atoms with van der Waals surface area (Å²) in [6.45, 7) is 0. The van der Waals surface area contributed by atoms with Crippen molar-refractivity contribution in [2.75, 3.05) is 12.5 Å². The minimum Gasteiger partial charge on any atom is -0.452 e. The topological polar surface area (TPSA) is 76.4 Å². The Labute approximate surface area is 130 Å². The third kappa shape index (κ3) is 3.32. The van der Waals surface area contributed by atoms with Crippen molar-refractivity contribution >= 4 is 34.6 Å². The number of oxazole rings is 1. The van der Waals surface area contributed by atoms with Crippen LogP contribution in [0, 0.1) is 0 Å². The van der Waals surface area contributed by atoms with E-state index in [9.17, 15) is 4.79 Å². The standard InChI is InChI=1S/C15H13N3O3S/c1-20-14(19)18-17-10-6-8-11(9-7-10)22-15-16-12-4-2-3-5-13(12)21-15/h2-9,17H,1H3,(H,18,19). The summed E-state index contributed by atoms with van der Waals surface area (Å²) in [5, 5.41) is 0.592. The highest BCUT2D eigenvalue weighted by atomic mass is 32.2. The van der Waals surface area contributed by atoms with E-state index in [4.69, 9.17) is 4.42 Å². The second kappa shape index (κ2) is 6.40. The molecule has 0 saturated heterocycles. The smallest absolute Gasteiger partial charge is 0.425 e. The predicted octanol–water partition coefficient (Wildman–Crippen LogP) is 3.66. The molecular formula is C15H13N3O3S. The number of ether oxygens (including phenoxy) is 1. The number of carbonyl (C=O) groups excluding carboxylic acids is 1. The van der Waals surface area contributed by atoms with E-state index in [2.05, 4.69) is 20.6 Å². The first-order valence-electron chi connectivity index (χ1n) is 6.48. The number of benzene rings is 2. The van der Waals surface area contributed by atoms with Crippen LogP contribution >= 0.6 is 11.8 Å². The van der Waals surface area contributed by atoms with Crippen molar-refractivity contribution < 1.29 is 13.9 Å². The van der Waals surface area contributed by atoms with Gasteiger partial charge in [0.15, 0.2) is 5.58 Å². The summed E-state index contributed by atoms with van der Waals surface area (Å²) in [4.78, 5) is 16.3. The molecule has 3 aromatic rings. The van der Waals surface area contributed by atoms with E-state index >= 15 is 0 Å². The Bertz CT molecular complexity index is 753. The van der Waals surface area contributed by atoms with Gasteiger partial charge in [-0.15, -0.1) is 0 Å². The Hall–Kier alpha value is -2.67. The molecule has 0 unspecified atom stereocenters. The Balaban J connectivity index is 1.66. The number of hydrogen-bond donors (Lipinski definition) is 2. The van der Waals surface area contributed by atoms with Crippen molar-refractivity contribution in [3.05, 3.63) is 48.5 Å². The lowest BCUT2D eigenvalue weighted by Gasteiger charge is -2.07. The Morgan fingerprint density at radius 1 is 1.18 bits per heavy atom. The molecule has 2 N–H and O–H groups in total. The number of hydrazine groups is 1. The van der Waals surface area contributed by atoms with Crippen LogP contribution in [0.1, 0.15) is 0 Å². The molecular weight excluding hydrogens is 302 g/mol. The van der Waals surface area contributed by atoms with Crippen LogP contribution in [-0.4, -0.2) is 18.2 Å². The van der Waals surface area contributed by atoms with Gasteiger partial charge in [-0.2, -0.15) is 0 Å². The number of fused-ring (bicyclic) bond motifs is 1. The number of rotatable bonds is 4. The fraction of sp³-hybridized carbons (Fsp3) is 0.0667. The van der Waals surface area contributed by atoms with Crippen LogP contribution in [0.5, 0.6) is 0 Å². The average molecular weight is 315 g/mol. The highest BCUT2D eigenvalue weighted by Gasteiger charge is 2.07. The number of carbonyl (C=O) groups is 1. The number of aromatic nitrogens is 1. The molecule has 0 aliphatic carbocycles. The third-order valence-corrected chi connectivity index (χ3v) is 3.69. The van der Waals surface area contributed by atoms with Crippen molar-refractivity contribution in [2.24, 2.45) is 0 Å². The fourth-order valence-electron chi connectivity index (χ4n) is 1.78. The van der Waals surface area contributed by atoms with Crippen LogP contribution in [0.4, 0.5) is 10.5 Å². The molecule has 7 heteroatoms. The van der Waals surface area contributed by atoms with Gasteiger partial charge in [0.25, 0.3) is 5.22 Å². The number of nitrogens with one attached hydrogen (secondary N) is 2. The molecule has 1 amide bonds. The van der Waals surface area contributed by atoms with E-state index in [1.54, 1.807) is 0 Å². The van der Waals surface area contributed by atoms with Gasteiger partial charge in [-0.05, 0) is 48.2 Å². The summed E-state index contributed by atoms with van der Waals surface area (Å²) in [5.74, 6) is 0. The highest BCUT2D eigenvalue weighted by Crippen LogP contribution is 2.30. The summed E-state index contributed by atoms with van der Waals surface area (Å²) in [5.41, 5.74) is 7.47. The van der Waals surface area contributed by atoms with Gasteiger partial charge in [-0.3, -0.25) is 5.43 Å². The number of methoxy groups -OCH3 is 1. The lowest BCUT2D eigenvalue weighted by atomic mass is 10.3. The maximum absolute atomic E-state index is 11.0. The Kier molecular flexibility index (Phi) is 4.15. The molecule has 0 bridgehead atoms. The number of anilines is 1. The summed E-state index contributed by atoms with van der Waals surface area (Å²) >= 11 is 1.43. The minimum atomic E-state index is -0.551. The lowest BCUT2D eigenvalue weighted by molar-refractivity contribution is 0.173. The zero-order valence-electron chi connectivity index (χ0n) is 11.7. The molecule has 1 aromatic heterocycles. The van der Waals surface area contributed by atoms with Gasteiger partial charge in [0.2, 0.25) is 0 Å². The zero-order chi connectivity index (χ0) is 15.4. The molecule has 3 rings (SSSR count). The first-order valence-corrected chi connectivity index (χ1v) is 7.30. The first-order chi connectivity index (χ1) is 10.7. The van der Waals surface area contributed by atoms with Crippen LogP contribution in [0.3, 0.4) is 0 Å². The van der Waals surface area contributed by atoms with Gasteiger partial charge in [0.1, 0.15) is 5.52 Å².